The lowest BCUT2D eigenvalue weighted by Crippen LogP contribution is -2.44. The number of anilines is 1. The summed E-state index contributed by atoms with van der Waals surface area (Å²) in [6.07, 6.45) is 0. The average Bonchev–Trinajstić information content (AvgIpc) is 2.69. The Morgan fingerprint density at radius 2 is 1.81 bits per heavy atom. The van der Waals surface area contributed by atoms with Crippen LogP contribution in [0.25, 0.3) is 0 Å². The largest absolute Gasteiger partial charge is 0.484 e. The van der Waals surface area contributed by atoms with Crippen LogP contribution in [0, 0.1) is 10.1 Å². The van der Waals surface area contributed by atoms with E-state index in [0.29, 0.717) is 12.3 Å². The lowest BCUT2D eigenvalue weighted by molar-refractivity contribution is -0.385. The first-order valence-corrected chi connectivity index (χ1v) is 13.5. The molecule has 1 aromatic carbocycles. The maximum atomic E-state index is 12.6. The number of nitrogens with zero attached hydrogens (tertiary/aromatic N) is 3. The summed E-state index contributed by atoms with van der Waals surface area (Å²) in [7, 11) is 1.58. The second kappa shape index (κ2) is 9.97. The molecule has 1 aliphatic rings. The molecule has 1 aliphatic heterocycles. The molecule has 0 saturated carbocycles. The number of carbonyl (C=O) groups excluding carboxylic acids is 1. The first-order valence-electron chi connectivity index (χ1n) is 10.6. The molecular weight excluding hydrogens is 416 g/mol. The van der Waals surface area contributed by atoms with Gasteiger partial charge < -0.3 is 24.3 Å². The second-order valence-electron chi connectivity index (χ2n) is 9.43. The smallest absolute Gasteiger partial charge is 0.313 e. The number of likely N-dealkylation sites (N-methyl/N-ethyl adjacent to an activating group) is 1. The van der Waals surface area contributed by atoms with E-state index in [9.17, 15) is 14.9 Å². The summed E-state index contributed by atoms with van der Waals surface area (Å²) in [6, 6.07) is 3.18. The van der Waals surface area contributed by atoms with E-state index < -0.39 is 19.1 Å². The molecule has 0 aliphatic carbocycles. The van der Waals surface area contributed by atoms with Crippen molar-refractivity contribution < 1.29 is 18.9 Å². The lowest BCUT2D eigenvalue weighted by atomic mass is 10.1. The number of nitrogens with one attached hydrogen (secondary N) is 1. The molecule has 174 valence electrons. The average molecular weight is 453 g/mol. The summed E-state index contributed by atoms with van der Waals surface area (Å²) >= 11 is 0. The van der Waals surface area contributed by atoms with Gasteiger partial charge in [-0.05, 0) is 31.2 Å². The molecule has 0 aromatic heterocycles. The summed E-state index contributed by atoms with van der Waals surface area (Å²) in [6.45, 7) is 14.3. The van der Waals surface area contributed by atoms with Crippen LogP contribution in [0.4, 0.5) is 11.4 Å². The van der Waals surface area contributed by atoms with Gasteiger partial charge in [0.15, 0.2) is 8.32 Å². The maximum Gasteiger partial charge on any atom is 0.313 e. The van der Waals surface area contributed by atoms with Gasteiger partial charge in [-0.25, -0.2) is 0 Å². The van der Waals surface area contributed by atoms with Gasteiger partial charge >= 0.3 is 5.69 Å². The molecule has 1 saturated heterocycles. The van der Waals surface area contributed by atoms with Crippen molar-refractivity contribution in [2.24, 2.45) is 0 Å². The molecular formula is C21H36N4O5Si. The molecule has 10 heteroatoms. The molecule has 1 amide bonds. The zero-order valence-electron chi connectivity index (χ0n) is 19.8. The van der Waals surface area contributed by atoms with Gasteiger partial charge in [-0.1, -0.05) is 20.8 Å². The molecule has 0 radical (unpaired) electrons. The normalized spacial score (nSPS) is 15.6. The van der Waals surface area contributed by atoms with Crippen molar-refractivity contribution in [2.75, 3.05) is 58.4 Å². The fourth-order valence-corrected chi connectivity index (χ4v) is 4.12. The summed E-state index contributed by atoms with van der Waals surface area (Å²) < 4.78 is 11.9. The van der Waals surface area contributed by atoms with Crippen LogP contribution in [0.15, 0.2) is 12.1 Å². The van der Waals surface area contributed by atoms with E-state index in [1.165, 1.54) is 13.1 Å². The minimum Gasteiger partial charge on any atom is -0.484 e. The summed E-state index contributed by atoms with van der Waals surface area (Å²) in [4.78, 5) is 28.2. The van der Waals surface area contributed by atoms with Gasteiger partial charge in [-0.3, -0.25) is 14.9 Å². The van der Waals surface area contributed by atoms with Gasteiger partial charge in [0.2, 0.25) is 5.75 Å². The van der Waals surface area contributed by atoms with E-state index in [4.69, 9.17) is 9.16 Å². The van der Waals surface area contributed by atoms with Crippen molar-refractivity contribution in [1.29, 1.82) is 0 Å². The minimum atomic E-state index is -1.96. The van der Waals surface area contributed by atoms with Crippen LogP contribution < -0.4 is 15.0 Å². The Bertz CT molecular complexity index is 802. The lowest BCUT2D eigenvalue weighted by Gasteiger charge is -2.36. The number of ether oxygens (including phenoxy) is 1. The molecule has 1 fully saturated rings. The Hall–Kier alpha value is -2.17. The molecule has 2 rings (SSSR count). The van der Waals surface area contributed by atoms with Crippen molar-refractivity contribution in [2.45, 2.75) is 38.9 Å². The number of hydrogen-bond donors (Lipinski definition) is 1. The topological polar surface area (TPSA) is 97.2 Å². The van der Waals surface area contributed by atoms with Gasteiger partial charge in [0, 0.05) is 45.0 Å². The standard InChI is InChI=1S/C21H36N4O5Si/c1-21(2,3)31(6,7)30-13-12-29-19-17(20(26)22-4)14-16(15-18(19)25(27)28)24-10-8-23(5)9-11-24/h14-15H,8-13H2,1-7H3,(H,22,26). The summed E-state index contributed by atoms with van der Waals surface area (Å²) in [5.41, 5.74) is 0.614. The van der Waals surface area contributed by atoms with E-state index in [2.05, 4.69) is 49.0 Å². The van der Waals surface area contributed by atoms with Gasteiger partial charge in [0.1, 0.15) is 6.61 Å². The Morgan fingerprint density at radius 3 is 2.32 bits per heavy atom. The molecule has 31 heavy (non-hydrogen) atoms. The van der Waals surface area contributed by atoms with Crippen LogP contribution in [0.2, 0.25) is 18.1 Å². The van der Waals surface area contributed by atoms with Gasteiger partial charge in [-0.2, -0.15) is 0 Å². The van der Waals surface area contributed by atoms with Gasteiger partial charge in [0.25, 0.3) is 5.91 Å². The highest BCUT2D eigenvalue weighted by Crippen LogP contribution is 2.38. The van der Waals surface area contributed by atoms with Crippen LogP contribution in [-0.4, -0.2) is 77.5 Å². The molecule has 0 atom stereocenters. The van der Waals surface area contributed by atoms with E-state index >= 15 is 0 Å². The molecule has 0 bridgehead atoms. The Labute approximate surface area is 186 Å². The van der Waals surface area contributed by atoms with Crippen LogP contribution in [0.5, 0.6) is 5.75 Å². The predicted octanol–water partition coefficient (Wildman–Crippen LogP) is 3.11. The number of rotatable bonds is 8. The number of amides is 1. The van der Waals surface area contributed by atoms with Crippen LogP contribution >= 0.6 is 0 Å². The molecule has 1 N–H and O–H groups in total. The van der Waals surface area contributed by atoms with Gasteiger partial charge in [-0.15, -0.1) is 0 Å². The first-order chi connectivity index (χ1) is 14.4. The highest BCUT2D eigenvalue weighted by molar-refractivity contribution is 6.74. The van der Waals surface area contributed by atoms with E-state index in [1.807, 2.05) is 7.05 Å². The summed E-state index contributed by atoms with van der Waals surface area (Å²) in [5.74, 6) is -0.430. The molecule has 1 aromatic rings. The minimum absolute atomic E-state index is 0.0129. The third-order valence-corrected chi connectivity index (χ3v) is 10.7. The fourth-order valence-electron chi connectivity index (χ4n) is 3.09. The third kappa shape index (κ3) is 6.17. The highest BCUT2D eigenvalue weighted by atomic mass is 28.4. The SMILES string of the molecule is CNC(=O)c1cc(N2CCN(C)CC2)cc([N+](=O)[O-])c1OCCO[Si](C)(C)C(C)(C)C. The summed E-state index contributed by atoms with van der Waals surface area (Å²) in [5, 5.41) is 14.5. The Kier molecular flexibility index (Phi) is 8.07. The van der Waals surface area contributed by atoms with Crippen LogP contribution in [0.1, 0.15) is 31.1 Å². The van der Waals surface area contributed by atoms with Crippen molar-refractivity contribution in [3.8, 4) is 5.75 Å². The van der Waals surface area contributed by atoms with Crippen LogP contribution in [0.3, 0.4) is 0 Å². The first kappa shape index (κ1) is 25.1. The number of nitro benzene ring substituents is 1. The van der Waals surface area contributed by atoms with Crippen molar-refractivity contribution >= 4 is 25.6 Å². The van der Waals surface area contributed by atoms with Crippen LogP contribution in [-0.2, 0) is 4.43 Å². The van der Waals surface area contributed by atoms with Gasteiger partial charge in [0.05, 0.1) is 17.1 Å². The monoisotopic (exact) mass is 452 g/mol. The second-order valence-corrected chi connectivity index (χ2v) is 14.2. The molecule has 1 heterocycles. The number of piperazine rings is 1. The van der Waals surface area contributed by atoms with Crippen molar-refractivity contribution in [1.82, 2.24) is 10.2 Å². The molecule has 9 nitrogen and oxygen atoms in total. The number of benzene rings is 1. The van der Waals surface area contributed by atoms with Crippen molar-refractivity contribution in [3.05, 3.63) is 27.8 Å². The Morgan fingerprint density at radius 1 is 1.19 bits per heavy atom. The van der Waals surface area contributed by atoms with E-state index in [-0.39, 0.29) is 28.6 Å². The van der Waals surface area contributed by atoms with Crippen molar-refractivity contribution in [3.63, 3.8) is 0 Å². The fraction of sp³-hybridized carbons (Fsp3) is 0.667. The predicted molar refractivity (Wildman–Crippen MR) is 125 cm³/mol. The number of nitro groups is 1. The third-order valence-electron chi connectivity index (χ3n) is 6.19. The zero-order valence-corrected chi connectivity index (χ0v) is 20.8. The maximum absolute atomic E-state index is 12.6. The molecule has 0 spiro atoms. The number of hydrogen-bond acceptors (Lipinski definition) is 7. The zero-order chi connectivity index (χ0) is 23.4. The Balaban J connectivity index is 2.28. The quantitative estimate of drug-likeness (QED) is 0.280. The highest BCUT2D eigenvalue weighted by Gasteiger charge is 2.37. The number of carbonyl (C=O) groups is 1. The van der Waals surface area contributed by atoms with E-state index in [1.54, 1.807) is 6.07 Å². The molecule has 0 unspecified atom stereocenters. The van der Waals surface area contributed by atoms with E-state index in [0.717, 1.165) is 26.2 Å².